The minimum atomic E-state index is -0.451. The van der Waals surface area contributed by atoms with Crippen molar-refractivity contribution in [3.63, 3.8) is 0 Å². The normalized spacial score (nSPS) is 11.2. The number of hydrogen-bond acceptors (Lipinski definition) is 3. The molecule has 4 nitrogen and oxygen atoms in total. The van der Waals surface area contributed by atoms with E-state index in [1.807, 2.05) is 39.0 Å². The highest BCUT2D eigenvalue weighted by molar-refractivity contribution is 9.10. The first kappa shape index (κ1) is 17.0. The molecule has 0 bridgehead atoms. The molecule has 1 N–H and O–H groups in total. The largest absolute Gasteiger partial charge is 0.444 e. The van der Waals surface area contributed by atoms with Gasteiger partial charge in [0.15, 0.2) is 0 Å². The first-order valence-electron chi connectivity index (χ1n) is 6.68. The fourth-order valence-electron chi connectivity index (χ4n) is 1.54. The number of nitrogens with zero attached hydrogens (tertiary/aromatic N) is 1. The van der Waals surface area contributed by atoms with Crippen molar-refractivity contribution in [1.82, 2.24) is 10.2 Å². The van der Waals surface area contributed by atoms with Crippen LogP contribution in [0.1, 0.15) is 26.3 Å². The number of likely N-dealkylation sites (N-methyl/N-ethyl adjacent to an activating group) is 1. The summed E-state index contributed by atoms with van der Waals surface area (Å²) < 4.78 is 6.38. The van der Waals surface area contributed by atoms with Crippen molar-refractivity contribution in [3.8, 4) is 0 Å². The van der Waals surface area contributed by atoms with Gasteiger partial charge in [-0.25, -0.2) is 4.79 Å². The predicted octanol–water partition coefficient (Wildman–Crippen LogP) is 3.41. The molecule has 1 aromatic rings. The van der Waals surface area contributed by atoms with Crippen LogP contribution in [0.3, 0.4) is 0 Å². The zero-order valence-corrected chi connectivity index (χ0v) is 14.2. The molecule has 0 saturated carbocycles. The van der Waals surface area contributed by atoms with Gasteiger partial charge in [-0.05, 0) is 32.4 Å². The van der Waals surface area contributed by atoms with Crippen molar-refractivity contribution in [2.75, 3.05) is 20.1 Å². The van der Waals surface area contributed by atoms with E-state index in [0.29, 0.717) is 6.54 Å². The number of rotatable bonds is 5. The molecule has 0 unspecified atom stereocenters. The van der Waals surface area contributed by atoms with Gasteiger partial charge >= 0.3 is 6.09 Å². The van der Waals surface area contributed by atoms with Gasteiger partial charge in [-0.15, -0.1) is 0 Å². The first-order chi connectivity index (χ1) is 9.29. The summed E-state index contributed by atoms with van der Waals surface area (Å²) in [4.78, 5) is 13.3. The van der Waals surface area contributed by atoms with Gasteiger partial charge in [-0.1, -0.05) is 34.1 Å². The van der Waals surface area contributed by atoms with Crippen molar-refractivity contribution in [1.29, 1.82) is 0 Å². The van der Waals surface area contributed by atoms with Gasteiger partial charge < -0.3 is 15.0 Å². The molecule has 20 heavy (non-hydrogen) atoms. The summed E-state index contributed by atoms with van der Waals surface area (Å²) in [5.74, 6) is 0. The molecule has 0 radical (unpaired) electrons. The fraction of sp³-hybridized carbons (Fsp3) is 0.533. The van der Waals surface area contributed by atoms with Crippen molar-refractivity contribution >= 4 is 22.0 Å². The Hall–Kier alpha value is -1.07. The molecule has 0 heterocycles. The van der Waals surface area contributed by atoms with E-state index in [2.05, 4.69) is 27.3 Å². The Kier molecular flexibility index (Phi) is 6.49. The maximum atomic E-state index is 11.7. The summed E-state index contributed by atoms with van der Waals surface area (Å²) in [7, 11) is 1.74. The summed E-state index contributed by atoms with van der Waals surface area (Å²) in [6.45, 7) is 7.69. The third-order valence-corrected chi connectivity index (χ3v) is 3.38. The molecule has 5 heteroatoms. The quantitative estimate of drug-likeness (QED) is 0.833. The summed E-state index contributed by atoms with van der Waals surface area (Å²) in [5.41, 5.74) is 0.751. The number of hydrogen-bond donors (Lipinski definition) is 1. The van der Waals surface area contributed by atoms with Crippen LogP contribution in [0.2, 0.25) is 0 Å². The Morgan fingerprint density at radius 2 is 2.00 bits per heavy atom. The average molecular weight is 343 g/mol. The lowest BCUT2D eigenvalue weighted by Gasteiger charge is -2.24. The predicted molar refractivity (Wildman–Crippen MR) is 84.7 cm³/mol. The zero-order valence-electron chi connectivity index (χ0n) is 12.6. The molecule has 0 aliphatic carbocycles. The molecule has 0 aliphatic rings. The summed E-state index contributed by atoms with van der Waals surface area (Å²) >= 11 is 3.51. The highest BCUT2D eigenvalue weighted by Gasteiger charge is 2.18. The minimum absolute atomic E-state index is 0.291. The van der Waals surface area contributed by atoms with Crippen molar-refractivity contribution in [3.05, 3.63) is 34.3 Å². The first-order valence-corrected chi connectivity index (χ1v) is 7.47. The number of benzene rings is 1. The number of amides is 1. The third-order valence-electron chi connectivity index (χ3n) is 2.60. The number of carbonyl (C=O) groups excluding carboxylic acids is 1. The van der Waals surface area contributed by atoms with Crippen LogP contribution >= 0.6 is 15.9 Å². The van der Waals surface area contributed by atoms with Crippen molar-refractivity contribution < 1.29 is 9.53 Å². The maximum Gasteiger partial charge on any atom is 0.410 e. The standard InChI is InChI=1S/C15H23BrN2O2/c1-15(2,3)20-14(19)18(4)10-9-17-11-12-7-5-6-8-13(12)16/h5-8,17H,9-11H2,1-4H3. The van der Waals surface area contributed by atoms with E-state index in [4.69, 9.17) is 4.74 Å². The van der Waals surface area contributed by atoms with E-state index in [1.54, 1.807) is 11.9 Å². The van der Waals surface area contributed by atoms with E-state index in [-0.39, 0.29) is 6.09 Å². The third kappa shape index (κ3) is 6.39. The number of halogens is 1. The van der Waals surface area contributed by atoms with E-state index in [0.717, 1.165) is 17.6 Å². The lowest BCUT2D eigenvalue weighted by Crippen LogP contribution is -2.37. The lowest BCUT2D eigenvalue weighted by atomic mass is 10.2. The number of carbonyl (C=O) groups is 1. The number of ether oxygens (including phenoxy) is 1. The van der Waals surface area contributed by atoms with Crippen LogP contribution < -0.4 is 5.32 Å². The Balaban J connectivity index is 2.27. The molecule has 0 fully saturated rings. The zero-order chi connectivity index (χ0) is 15.2. The van der Waals surface area contributed by atoms with Crippen LogP contribution in [0.25, 0.3) is 0 Å². The highest BCUT2D eigenvalue weighted by atomic mass is 79.9. The van der Waals surface area contributed by atoms with Gasteiger partial charge in [-0.2, -0.15) is 0 Å². The van der Waals surface area contributed by atoms with Gasteiger partial charge in [0, 0.05) is 31.2 Å². The monoisotopic (exact) mass is 342 g/mol. The average Bonchev–Trinajstić information content (AvgIpc) is 2.34. The molecule has 0 aliphatic heterocycles. The summed E-state index contributed by atoms with van der Waals surface area (Å²) in [5, 5.41) is 3.31. The molecule has 1 amide bonds. The van der Waals surface area contributed by atoms with Gasteiger partial charge in [0.05, 0.1) is 0 Å². The summed E-state index contributed by atoms with van der Waals surface area (Å²) in [6, 6.07) is 8.08. The smallest absolute Gasteiger partial charge is 0.410 e. The fourth-order valence-corrected chi connectivity index (χ4v) is 1.97. The van der Waals surface area contributed by atoms with Crippen molar-refractivity contribution in [2.45, 2.75) is 32.9 Å². The van der Waals surface area contributed by atoms with E-state index < -0.39 is 5.60 Å². The van der Waals surface area contributed by atoms with Gasteiger partial charge in [-0.3, -0.25) is 0 Å². The number of nitrogens with one attached hydrogen (secondary N) is 1. The molecule has 0 spiro atoms. The molecular formula is C15H23BrN2O2. The van der Waals surface area contributed by atoms with Crippen molar-refractivity contribution in [2.24, 2.45) is 0 Å². The maximum absolute atomic E-state index is 11.7. The van der Waals surface area contributed by atoms with Crippen LogP contribution in [0, 0.1) is 0 Å². The van der Waals surface area contributed by atoms with Crippen LogP contribution in [-0.4, -0.2) is 36.7 Å². The molecular weight excluding hydrogens is 320 g/mol. The van der Waals surface area contributed by atoms with E-state index >= 15 is 0 Å². The Labute approximate surface area is 129 Å². The molecule has 1 aromatic carbocycles. The van der Waals surface area contributed by atoms with Gasteiger partial charge in [0.25, 0.3) is 0 Å². The Morgan fingerprint density at radius 3 is 2.60 bits per heavy atom. The second kappa shape index (κ2) is 7.64. The molecule has 0 aromatic heterocycles. The van der Waals surface area contributed by atoms with E-state index in [9.17, 15) is 4.79 Å². The Morgan fingerprint density at radius 1 is 1.35 bits per heavy atom. The summed E-state index contributed by atoms with van der Waals surface area (Å²) in [6.07, 6.45) is -0.291. The molecule has 0 saturated heterocycles. The second-order valence-corrected chi connectivity index (χ2v) is 6.52. The Bertz CT molecular complexity index is 444. The van der Waals surface area contributed by atoms with Crippen LogP contribution in [0.5, 0.6) is 0 Å². The lowest BCUT2D eigenvalue weighted by molar-refractivity contribution is 0.0300. The molecule has 112 valence electrons. The second-order valence-electron chi connectivity index (χ2n) is 5.67. The van der Waals surface area contributed by atoms with Crippen LogP contribution in [0.15, 0.2) is 28.7 Å². The SMILES string of the molecule is CN(CCNCc1ccccc1Br)C(=O)OC(C)(C)C. The topological polar surface area (TPSA) is 41.6 Å². The highest BCUT2D eigenvalue weighted by Crippen LogP contribution is 2.15. The van der Waals surface area contributed by atoms with Crippen LogP contribution in [0.4, 0.5) is 4.79 Å². The van der Waals surface area contributed by atoms with Crippen LogP contribution in [-0.2, 0) is 11.3 Å². The van der Waals surface area contributed by atoms with Gasteiger partial charge in [0.1, 0.15) is 5.60 Å². The van der Waals surface area contributed by atoms with E-state index in [1.165, 1.54) is 5.56 Å². The van der Waals surface area contributed by atoms with Gasteiger partial charge in [0.2, 0.25) is 0 Å². The molecule has 0 atom stereocenters. The minimum Gasteiger partial charge on any atom is -0.444 e. The molecule has 1 rings (SSSR count).